The predicted octanol–water partition coefficient (Wildman–Crippen LogP) is 0.826. The molecule has 0 aliphatic heterocycles. The Kier molecular flexibility index (Phi) is 3.85. The van der Waals surface area contributed by atoms with Crippen molar-refractivity contribution >= 4 is 11.7 Å². The molecule has 0 unspecified atom stereocenters. The van der Waals surface area contributed by atoms with Crippen molar-refractivity contribution in [3.8, 4) is 0 Å². The largest absolute Gasteiger partial charge is 0.369 e. The van der Waals surface area contributed by atoms with Gasteiger partial charge in [0.25, 0.3) is 5.91 Å². The van der Waals surface area contributed by atoms with Gasteiger partial charge in [0.2, 0.25) is 0 Å². The van der Waals surface area contributed by atoms with Crippen molar-refractivity contribution in [1.29, 1.82) is 0 Å². The summed E-state index contributed by atoms with van der Waals surface area (Å²) in [6, 6.07) is 1.68. The number of nitrogens with one attached hydrogen (secondary N) is 2. The second-order valence-electron chi connectivity index (χ2n) is 3.49. The fraction of sp³-hybridized carbons (Fsp3) is 0.273. The third kappa shape index (κ3) is 3.03. The van der Waals surface area contributed by atoms with Crippen LogP contribution >= 0.6 is 0 Å². The number of anilines is 1. The highest BCUT2D eigenvalue weighted by Gasteiger charge is 2.08. The van der Waals surface area contributed by atoms with Crippen LogP contribution in [0.4, 0.5) is 5.82 Å². The summed E-state index contributed by atoms with van der Waals surface area (Å²) in [5.74, 6) is 0.346. The first-order valence-electron chi connectivity index (χ1n) is 5.53. The van der Waals surface area contributed by atoms with E-state index in [0.29, 0.717) is 18.1 Å². The van der Waals surface area contributed by atoms with Crippen LogP contribution in [0.25, 0.3) is 0 Å². The number of aromatic nitrogens is 3. The third-order valence-corrected chi connectivity index (χ3v) is 2.16. The van der Waals surface area contributed by atoms with Crippen LogP contribution in [0.1, 0.15) is 23.1 Å². The van der Waals surface area contributed by atoms with Crippen LogP contribution in [0.2, 0.25) is 0 Å². The molecule has 94 valence electrons. The first kappa shape index (κ1) is 12.0. The molecule has 18 heavy (non-hydrogen) atoms. The molecule has 2 aromatic rings. The van der Waals surface area contributed by atoms with Gasteiger partial charge in [0.1, 0.15) is 23.5 Å². The summed E-state index contributed by atoms with van der Waals surface area (Å²) in [7, 11) is 0. The molecular formula is C11H13N5O2. The average Bonchev–Trinajstić information content (AvgIpc) is 2.90. The van der Waals surface area contributed by atoms with Crippen LogP contribution < -0.4 is 10.6 Å². The highest BCUT2D eigenvalue weighted by Crippen LogP contribution is 2.01. The number of carbonyl (C=O) groups excluding carboxylic acids is 1. The molecule has 0 fully saturated rings. The molecule has 0 aliphatic rings. The van der Waals surface area contributed by atoms with E-state index < -0.39 is 0 Å². The van der Waals surface area contributed by atoms with Gasteiger partial charge in [-0.2, -0.15) is 0 Å². The molecule has 2 aromatic heterocycles. The van der Waals surface area contributed by atoms with Gasteiger partial charge < -0.3 is 15.2 Å². The molecule has 0 aliphatic carbocycles. The molecule has 0 aromatic carbocycles. The zero-order chi connectivity index (χ0) is 12.8. The first-order valence-corrected chi connectivity index (χ1v) is 5.53. The van der Waals surface area contributed by atoms with Gasteiger partial charge in [-0.15, -0.1) is 0 Å². The van der Waals surface area contributed by atoms with Crippen molar-refractivity contribution in [3.05, 3.63) is 36.1 Å². The Hall–Kier alpha value is -2.44. The minimum absolute atomic E-state index is 0.264. The summed E-state index contributed by atoms with van der Waals surface area (Å²) in [4.78, 5) is 19.8. The maximum Gasteiger partial charge on any atom is 0.271 e. The minimum atomic E-state index is -0.298. The van der Waals surface area contributed by atoms with Crippen molar-refractivity contribution < 1.29 is 9.32 Å². The lowest BCUT2D eigenvalue weighted by molar-refractivity contribution is 0.0944. The summed E-state index contributed by atoms with van der Waals surface area (Å²) in [6.45, 7) is 3.01. The van der Waals surface area contributed by atoms with Gasteiger partial charge in [-0.3, -0.25) is 4.79 Å². The highest BCUT2D eigenvalue weighted by molar-refractivity contribution is 5.91. The molecule has 2 N–H and O–H groups in total. The van der Waals surface area contributed by atoms with E-state index in [1.807, 2.05) is 6.92 Å². The Balaban J connectivity index is 1.92. The lowest BCUT2D eigenvalue weighted by atomic mass is 10.4. The molecule has 0 atom stereocenters. The molecule has 7 heteroatoms. The van der Waals surface area contributed by atoms with Crippen molar-refractivity contribution in [2.45, 2.75) is 13.5 Å². The van der Waals surface area contributed by atoms with Gasteiger partial charge in [0.05, 0.1) is 18.9 Å². The lowest BCUT2D eigenvalue weighted by Gasteiger charge is -2.04. The molecule has 1 amide bonds. The van der Waals surface area contributed by atoms with Crippen LogP contribution in [-0.2, 0) is 6.54 Å². The van der Waals surface area contributed by atoms with Crippen molar-refractivity contribution in [1.82, 2.24) is 20.4 Å². The van der Waals surface area contributed by atoms with E-state index in [4.69, 9.17) is 0 Å². The fourth-order valence-corrected chi connectivity index (χ4v) is 1.31. The number of carbonyl (C=O) groups is 1. The zero-order valence-corrected chi connectivity index (χ0v) is 9.88. The maximum atomic E-state index is 11.7. The lowest BCUT2D eigenvalue weighted by Crippen LogP contribution is -2.24. The summed E-state index contributed by atoms with van der Waals surface area (Å²) in [5.41, 5.74) is 0.917. The zero-order valence-electron chi connectivity index (χ0n) is 9.88. The molecule has 7 nitrogen and oxygen atoms in total. The number of hydrogen-bond acceptors (Lipinski definition) is 6. The van der Waals surface area contributed by atoms with Gasteiger partial charge in [-0.05, 0) is 6.92 Å². The van der Waals surface area contributed by atoms with E-state index in [1.165, 1.54) is 18.7 Å². The highest BCUT2D eigenvalue weighted by atomic mass is 16.5. The van der Waals surface area contributed by atoms with Crippen LogP contribution in [0.3, 0.4) is 0 Å². The summed E-state index contributed by atoms with van der Waals surface area (Å²) >= 11 is 0. The number of hydrogen-bond donors (Lipinski definition) is 2. The van der Waals surface area contributed by atoms with Crippen molar-refractivity contribution in [3.63, 3.8) is 0 Å². The number of amides is 1. The van der Waals surface area contributed by atoms with Crippen LogP contribution in [0.5, 0.6) is 0 Å². The van der Waals surface area contributed by atoms with Gasteiger partial charge in [-0.1, -0.05) is 5.16 Å². The molecule has 0 radical (unpaired) electrons. The Labute approximate surface area is 104 Å². The first-order chi connectivity index (χ1) is 8.79. The number of rotatable bonds is 5. The van der Waals surface area contributed by atoms with Crippen molar-refractivity contribution in [2.75, 3.05) is 11.9 Å². The van der Waals surface area contributed by atoms with Crippen molar-refractivity contribution in [2.24, 2.45) is 0 Å². The van der Waals surface area contributed by atoms with E-state index in [0.717, 1.165) is 6.54 Å². The van der Waals surface area contributed by atoms with E-state index >= 15 is 0 Å². The second-order valence-corrected chi connectivity index (χ2v) is 3.49. The topological polar surface area (TPSA) is 92.9 Å². The smallest absolute Gasteiger partial charge is 0.271 e. The normalized spacial score (nSPS) is 10.1. The molecule has 2 rings (SSSR count). The monoisotopic (exact) mass is 247 g/mol. The summed E-state index contributed by atoms with van der Waals surface area (Å²) in [5, 5.41) is 9.35. The standard InChI is InChI=1S/C11H13N5O2/c1-2-12-10-7-13-9(6-14-10)11(17)15-5-8-3-4-18-16-8/h3-4,6-7H,2,5H2,1H3,(H,12,14)(H,15,17). The fourth-order valence-electron chi connectivity index (χ4n) is 1.31. The quantitative estimate of drug-likeness (QED) is 0.812. The van der Waals surface area contributed by atoms with Gasteiger partial charge in [-0.25, -0.2) is 9.97 Å². The second kappa shape index (κ2) is 5.76. The average molecular weight is 247 g/mol. The maximum absolute atomic E-state index is 11.7. The van der Waals surface area contributed by atoms with Crippen LogP contribution in [0, 0.1) is 0 Å². The SMILES string of the molecule is CCNc1cnc(C(=O)NCc2ccon2)cn1. The molecule has 0 saturated heterocycles. The van der Waals surface area contributed by atoms with E-state index in [1.54, 1.807) is 6.07 Å². The molecule has 0 bridgehead atoms. The van der Waals surface area contributed by atoms with Crippen LogP contribution in [0.15, 0.2) is 29.2 Å². The Morgan fingerprint density at radius 1 is 1.39 bits per heavy atom. The summed E-state index contributed by atoms with van der Waals surface area (Å²) < 4.78 is 4.66. The minimum Gasteiger partial charge on any atom is -0.369 e. The Bertz CT molecular complexity index is 495. The number of nitrogens with zero attached hydrogens (tertiary/aromatic N) is 3. The van der Waals surface area contributed by atoms with E-state index in [9.17, 15) is 4.79 Å². The Morgan fingerprint density at radius 2 is 2.28 bits per heavy atom. The predicted molar refractivity (Wildman–Crippen MR) is 63.9 cm³/mol. The molecular weight excluding hydrogens is 234 g/mol. The molecule has 2 heterocycles. The molecule has 0 saturated carbocycles. The van der Waals surface area contributed by atoms with E-state index in [-0.39, 0.29) is 11.6 Å². The third-order valence-electron chi connectivity index (χ3n) is 2.16. The van der Waals surface area contributed by atoms with Gasteiger partial charge >= 0.3 is 0 Å². The Morgan fingerprint density at radius 3 is 2.89 bits per heavy atom. The van der Waals surface area contributed by atoms with Gasteiger partial charge in [0.15, 0.2) is 0 Å². The summed E-state index contributed by atoms with van der Waals surface area (Å²) in [6.07, 6.45) is 4.40. The molecule has 0 spiro atoms. The van der Waals surface area contributed by atoms with Crippen LogP contribution in [-0.4, -0.2) is 27.6 Å². The van der Waals surface area contributed by atoms with Gasteiger partial charge in [0, 0.05) is 12.6 Å². The van der Waals surface area contributed by atoms with E-state index in [2.05, 4.69) is 30.3 Å².